The van der Waals surface area contributed by atoms with Crippen molar-refractivity contribution < 1.29 is 14.6 Å². The molecule has 5 nitrogen and oxygen atoms in total. The van der Waals surface area contributed by atoms with E-state index in [-0.39, 0.29) is 5.69 Å². The third-order valence-corrected chi connectivity index (χ3v) is 2.25. The summed E-state index contributed by atoms with van der Waals surface area (Å²) in [6, 6.07) is 3.36. The van der Waals surface area contributed by atoms with Crippen LogP contribution in [0.1, 0.15) is 16.9 Å². The molecule has 0 spiro atoms. The van der Waals surface area contributed by atoms with Gasteiger partial charge in [-0.05, 0) is 18.6 Å². The van der Waals surface area contributed by atoms with Gasteiger partial charge in [0.2, 0.25) is 0 Å². The molecule has 0 radical (unpaired) electrons. The van der Waals surface area contributed by atoms with Crippen LogP contribution < -0.4 is 4.90 Å². The molecule has 1 N–H and O–H groups in total. The average Bonchev–Trinajstić information content (AvgIpc) is 2.29. The van der Waals surface area contributed by atoms with Crippen molar-refractivity contribution in [1.82, 2.24) is 4.98 Å². The molecule has 1 heterocycles. The first-order valence-electron chi connectivity index (χ1n) is 5.04. The maximum Gasteiger partial charge on any atom is 0.354 e. The number of carboxylic acids is 1. The minimum Gasteiger partial charge on any atom is -0.477 e. The van der Waals surface area contributed by atoms with Crippen LogP contribution in [0.2, 0.25) is 0 Å². The van der Waals surface area contributed by atoms with Gasteiger partial charge in [0.25, 0.3) is 0 Å². The van der Waals surface area contributed by atoms with Crippen LogP contribution in [0.3, 0.4) is 0 Å². The fourth-order valence-electron chi connectivity index (χ4n) is 1.35. The number of nitrogens with zero attached hydrogens (tertiary/aromatic N) is 2. The van der Waals surface area contributed by atoms with Crippen molar-refractivity contribution in [3.05, 3.63) is 24.0 Å². The predicted molar refractivity (Wildman–Crippen MR) is 61.0 cm³/mol. The number of hydrogen-bond donors (Lipinski definition) is 1. The molecule has 0 fully saturated rings. The first-order chi connectivity index (χ1) is 7.65. The van der Waals surface area contributed by atoms with Gasteiger partial charge in [-0.15, -0.1) is 0 Å². The lowest BCUT2D eigenvalue weighted by Crippen LogP contribution is -2.20. The lowest BCUT2D eigenvalue weighted by Gasteiger charge is -2.18. The first-order valence-corrected chi connectivity index (χ1v) is 5.04. The number of carboxylic acid groups (broad SMARTS) is 1. The summed E-state index contributed by atoms with van der Waals surface area (Å²) in [5, 5.41) is 8.80. The summed E-state index contributed by atoms with van der Waals surface area (Å²) in [6.07, 6.45) is 2.41. The van der Waals surface area contributed by atoms with Gasteiger partial charge >= 0.3 is 5.97 Å². The van der Waals surface area contributed by atoms with Crippen LogP contribution in [0.5, 0.6) is 0 Å². The summed E-state index contributed by atoms with van der Waals surface area (Å²) in [5.74, 6) is -1.01. The number of aromatic carboxylic acids is 1. The second kappa shape index (κ2) is 6.07. The van der Waals surface area contributed by atoms with Crippen molar-refractivity contribution in [3.63, 3.8) is 0 Å². The molecule has 0 aromatic carbocycles. The molecule has 0 saturated heterocycles. The van der Waals surface area contributed by atoms with E-state index in [0.29, 0.717) is 6.61 Å². The molecule has 16 heavy (non-hydrogen) atoms. The fourth-order valence-corrected chi connectivity index (χ4v) is 1.35. The van der Waals surface area contributed by atoms with Gasteiger partial charge in [-0.2, -0.15) is 0 Å². The molecule has 88 valence electrons. The Labute approximate surface area is 94.7 Å². The number of hydrogen-bond acceptors (Lipinski definition) is 4. The predicted octanol–water partition coefficient (Wildman–Crippen LogP) is 1.25. The van der Waals surface area contributed by atoms with Crippen LogP contribution in [0, 0.1) is 0 Å². The third-order valence-electron chi connectivity index (χ3n) is 2.25. The molecule has 0 saturated carbocycles. The molecular formula is C11H16N2O3. The van der Waals surface area contributed by atoms with E-state index in [9.17, 15) is 4.79 Å². The zero-order valence-corrected chi connectivity index (χ0v) is 9.51. The number of rotatable bonds is 6. The second-order valence-corrected chi connectivity index (χ2v) is 3.47. The Balaban J connectivity index is 2.64. The Kier molecular flexibility index (Phi) is 4.72. The van der Waals surface area contributed by atoms with Gasteiger partial charge < -0.3 is 14.7 Å². The number of pyridine rings is 1. The number of carbonyl (C=O) groups is 1. The molecule has 0 bridgehead atoms. The Hall–Kier alpha value is -1.62. The van der Waals surface area contributed by atoms with Gasteiger partial charge in [-0.25, -0.2) is 9.78 Å². The molecule has 0 amide bonds. The van der Waals surface area contributed by atoms with Crippen LogP contribution in [0.25, 0.3) is 0 Å². The zero-order valence-electron chi connectivity index (χ0n) is 9.51. The minimum absolute atomic E-state index is 0.0658. The highest BCUT2D eigenvalue weighted by Crippen LogP contribution is 2.13. The van der Waals surface area contributed by atoms with Crippen LogP contribution in [0.4, 0.5) is 5.69 Å². The summed E-state index contributed by atoms with van der Waals surface area (Å²) < 4.78 is 4.96. The summed E-state index contributed by atoms with van der Waals surface area (Å²) in [5.41, 5.74) is 0.916. The summed E-state index contributed by atoms with van der Waals surface area (Å²) in [4.78, 5) is 16.5. The summed E-state index contributed by atoms with van der Waals surface area (Å²) >= 11 is 0. The van der Waals surface area contributed by atoms with E-state index < -0.39 is 5.97 Å². The molecule has 1 aromatic heterocycles. The second-order valence-electron chi connectivity index (χ2n) is 3.47. The molecule has 0 aliphatic rings. The molecule has 0 atom stereocenters. The van der Waals surface area contributed by atoms with Gasteiger partial charge in [-0.1, -0.05) is 0 Å². The van der Waals surface area contributed by atoms with E-state index in [1.165, 1.54) is 6.20 Å². The Bertz CT molecular complexity index is 355. The maximum absolute atomic E-state index is 10.7. The fraction of sp³-hybridized carbons (Fsp3) is 0.455. The van der Waals surface area contributed by atoms with E-state index in [1.54, 1.807) is 19.2 Å². The molecule has 1 aromatic rings. The zero-order chi connectivity index (χ0) is 12.0. The van der Waals surface area contributed by atoms with Gasteiger partial charge in [0.05, 0.1) is 0 Å². The average molecular weight is 224 g/mol. The van der Waals surface area contributed by atoms with Crippen molar-refractivity contribution in [3.8, 4) is 0 Å². The van der Waals surface area contributed by atoms with E-state index in [1.807, 2.05) is 11.9 Å². The van der Waals surface area contributed by atoms with Crippen LogP contribution in [-0.2, 0) is 4.74 Å². The van der Waals surface area contributed by atoms with E-state index in [4.69, 9.17) is 9.84 Å². The van der Waals surface area contributed by atoms with E-state index in [0.717, 1.165) is 18.7 Å². The van der Waals surface area contributed by atoms with E-state index >= 15 is 0 Å². The van der Waals surface area contributed by atoms with Gasteiger partial charge in [0.1, 0.15) is 5.69 Å². The van der Waals surface area contributed by atoms with Crippen LogP contribution in [0.15, 0.2) is 18.3 Å². The maximum atomic E-state index is 10.7. The van der Waals surface area contributed by atoms with Crippen molar-refractivity contribution in [2.45, 2.75) is 6.42 Å². The van der Waals surface area contributed by atoms with E-state index in [2.05, 4.69) is 4.98 Å². The molecule has 5 heteroatoms. The quantitative estimate of drug-likeness (QED) is 0.737. The largest absolute Gasteiger partial charge is 0.477 e. The normalized spacial score (nSPS) is 10.1. The number of aromatic nitrogens is 1. The summed E-state index contributed by atoms with van der Waals surface area (Å²) in [7, 11) is 3.57. The van der Waals surface area contributed by atoms with Crippen LogP contribution in [-0.4, -0.2) is 43.4 Å². The Morgan fingerprint density at radius 2 is 2.38 bits per heavy atom. The van der Waals surface area contributed by atoms with Crippen molar-refractivity contribution in [1.29, 1.82) is 0 Å². The molecular weight excluding hydrogens is 208 g/mol. The standard InChI is InChI=1S/C11H16N2O3/c1-13(6-3-7-16-2)9-4-5-12-10(8-9)11(14)15/h4-5,8H,3,6-7H2,1-2H3,(H,14,15). The Morgan fingerprint density at radius 1 is 1.62 bits per heavy atom. The molecule has 0 aliphatic carbocycles. The minimum atomic E-state index is -1.01. The van der Waals surface area contributed by atoms with Crippen molar-refractivity contribution >= 4 is 11.7 Å². The lowest BCUT2D eigenvalue weighted by molar-refractivity contribution is 0.0690. The third kappa shape index (κ3) is 3.51. The number of ether oxygens (including phenoxy) is 1. The molecule has 0 aliphatic heterocycles. The lowest BCUT2D eigenvalue weighted by atomic mass is 10.3. The molecule has 1 rings (SSSR count). The van der Waals surface area contributed by atoms with Crippen LogP contribution >= 0.6 is 0 Å². The number of anilines is 1. The van der Waals surface area contributed by atoms with Gasteiger partial charge in [0.15, 0.2) is 0 Å². The molecule has 0 unspecified atom stereocenters. The smallest absolute Gasteiger partial charge is 0.354 e. The highest BCUT2D eigenvalue weighted by molar-refractivity contribution is 5.86. The topological polar surface area (TPSA) is 62.7 Å². The monoisotopic (exact) mass is 224 g/mol. The van der Waals surface area contributed by atoms with Gasteiger partial charge in [-0.3, -0.25) is 0 Å². The highest BCUT2D eigenvalue weighted by atomic mass is 16.5. The van der Waals surface area contributed by atoms with Crippen molar-refractivity contribution in [2.24, 2.45) is 0 Å². The summed E-state index contributed by atoms with van der Waals surface area (Å²) in [6.45, 7) is 1.51. The van der Waals surface area contributed by atoms with Gasteiger partial charge in [0, 0.05) is 39.2 Å². The SMILES string of the molecule is COCCCN(C)c1ccnc(C(=O)O)c1. The first kappa shape index (κ1) is 12.4. The highest BCUT2D eigenvalue weighted by Gasteiger charge is 2.07. The Morgan fingerprint density at radius 3 is 3.00 bits per heavy atom. The number of methoxy groups -OCH3 is 1. The van der Waals surface area contributed by atoms with Crippen molar-refractivity contribution in [2.75, 3.05) is 32.2 Å².